The Morgan fingerprint density at radius 3 is 2.78 bits per heavy atom. The Kier molecular flexibility index (Phi) is 4.41. The number of benzene rings is 1. The predicted molar refractivity (Wildman–Crippen MR) is 83.1 cm³/mol. The molecule has 1 aromatic carbocycles. The number of rotatable bonds is 4. The largest absolute Gasteiger partial charge is 0.465 e. The summed E-state index contributed by atoms with van der Waals surface area (Å²) in [6, 6.07) is 9.79. The van der Waals surface area contributed by atoms with Crippen molar-refractivity contribution in [2.24, 2.45) is 11.3 Å². The molecule has 1 aliphatic carbocycles. The molecule has 126 valence electrons. The van der Waals surface area contributed by atoms with Gasteiger partial charge in [-0.3, -0.25) is 9.69 Å². The summed E-state index contributed by atoms with van der Waals surface area (Å²) in [7, 11) is 0. The maximum absolute atomic E-state index is 14.9. The molecule has 3 rings (SSSR count). The van der Waals surface area contributed by atoms with Crippen LogP contribution in [-0.2, 0) is 16.1 Å². The van der Waals surface area contributed by atoms with E-state index in [1.807, 2.05) is 35.2 Å². The van der Waals surface area contributed by atoms with Gasteiger partial charge < -0.3 is 4.74 Å². The Hall–Kier alpha value is -1.49. The van der Waals surface area contributed by atoms with Crippen LogP contribution in [0.4, 0.5) is 8.78 Å². The van der Waals surface area contributed by atoms with E-state index in [9.17, 15) is 13.6 Å². The van der Waals surface area contributed by atoms with Crippen molar-refractivity contribution in [1.29, 1.82) is 0 Å². The molecule has 2 bridgehead atoms. The second-order valence-corrected chi connectivity index (χ2v) is 6.67. The number of piperidine rings is 1. The number of hydrogen-bond acceptors (Lipinski definition) is 3. The highest BCUT2D eigenvalue weighted by molar-refractivity contribution is 5.79. The van der Waals surface area contributed by atoms with Crippen molar-refractivity contribution >= 4 is 5.97 Å². The van der Waals surface area contributed by atoms with Crippen LogP contribution in [-0.4, -0.2) is 36.5 Å². The van der Waals surface area contributed by atoms with Crippen LogP contribution in [0.1, 0.15) is 31.7 Å². The zero-order chi connectivity index (χ0) is 16.5. The second kappa shape index (κ2) is 6.19. The summed E-state index contributed by atoms with van der Waals surface area (Å²) in [4.78, 5) is 14.4. The molecule has 1 saturated carbocycles. The van der Waals surface area contributed by atoms with E-state index in [1.165, 1.54) is 0 Å². The van der Waals surface area contributed by atoms with E-state index in [4.69, 9.17) is 4.74 Å². The highest BCUT2D eigenvalue weighted by Gasteiger charge is 2.67. The summed E-state index contributed by atoms with van der Waals surface area (Å²) in [6.07, 6.45) is 1.35. The molecule has 2 aliphatic rings. The number of nitrogens with zero attached hydrogens (tertiary/aromatic N) is 1. The van der Waals surface area contributed by atoms with Crippen molar-refractivity contribution in [2.45, 2.75) is 38.7 Å². The Balaban J connectivity index is 1.86. The first-order valence-corrected chi connectivity index (χ1v) is 8.31. The Morgan fingerprint density at radius 1 is 1.35 bits per heavy atom. The maximum Gasteiger partial charge on any atom is 0.319 e. The number of esters is 1. The van der Waals surface area contributed by atoms with Crippen LogP contribution in [0.15, 0.2) is 30.3 Å². The van der Waals surface area contributed by atoms with E-state index < -0.39 is 23.2 Å². The normalized spacial score (nSPS) is 30.0. The Bertz CT molecular complexity index is 563. The monoisotopic (exact) mass is 323 g/mol. The highest BCUT2D eigenvalue weighted by Crippen LogP contribution is 2.55. The molecule has 1 aromatic rings. The minimum absolute atomic E-state index is 0.0736. The van der Waals surface area contributed by atoms with E-state index in [1.54, 1.807) is 6.92 Å². The summed E-state index contributed by atoms with van der Waals surface area (Å²) >= 11 is 0. The lowest BCUT2D eigenvalue weighted by Crippen LogP contribution is -2.66. The van der Waals surface area contributed by atoms with Crippen molar-refractivity contribution in [3.63, 3.8) is 0 Å². The molecule has 0 amide bonds. The smallest absolute Gasteiger partial charge is 0.319 e. The first-order chi connectivity index (χ1) is 11.0. The number of hydrogen-bond donors (Lipinski definition) is 0. The lowest BCUT2D eigenvalue weighted by atomic mass is 9.63. The molecule has 2 unspecified atom stereocenters. The summed E-state index contributed by atoms with van der Waals surface area (Å²) in [5, 5.41) is 0. The first-order valence-electron chi connectivity index (χ1n) is 8.31. The molecule has 1 heterocycles. The molecule has 0 N–H and O–H groups in total. The number of carbonyl (C=O) groups excluding carboxylic acids is 1. The first kappa shape index (κ1) is 16.4. The van der Waals surface area contributed by atoms with E-state index >= 15 is 0 Å². The molecule has 2 atom stereocenters. The fourth-order valence-electron chi connectivity index (χ4n) is 4.07. The number of alkyl halides is 2. The Labute approximate surface area is 135 Å². The van der Waals surface area contributed by atoms with Crippen molar-refractivity contribution in [1.82, 2.24) is 4.90 Å². The van der Waals surface area contributed by atoms with E-state index in [0.717, 1.165) is 5.56 Å². The molecule has 0 aromatic heterocycles. The van der Waals surface area contributed by atoms with Gasteiger partial charge in [0.2, 0.25) is 0 Å². The fourth-order valence-corrected chi connectivity index (χ4v) is 4.07. The van der Waals surface area contributed by atoms with Gasteiger partial charge in [-0.05, 0) is 25.3 Å². The third-order valence-electron chi connectivity index (χ3n) is 5.19. The topological polar surface area (TPSA) is 29.5 Å². The summed E-state index contributed by atoms with van der Waals surface area (Å²) in [5.41, 5.74) is -0.603. The van der Waals surface area contributed by atoms with Gasteiger partial charge in [-0.25, -0.2) is 8.78 Å². The highest BCUT2D eigenvalue weighted by atomic mass is 19.3. The minimum atomic E-state index is -2.98. The molecule has 3 nitrogen and oxygen atoms in total. The standard InChI is InChI=1S/C18H23F2NO2/c1-2-23-16(22)17-10-6-9-15(18(17,19)20)12-21(13-17)11-14-7-4-3-5-8-14/h3-5,7-8,15H,2,6,9-13H2,1H3. The summed E-state index contributed by atoms with van der Waals surface area (Å²) < 4.78 is 34.9. The van der Waals surface area contributed by atoms with E-state index in [-0.39, 0.29) is 19.6 Å². The summed E-state index contributed by atoms with van der Waals surface area (Å²) in [5.74, 6) is -4.48. The molecule has 0 radical (unpaired) electrons. The number of halogens is 2. The van der Waals surface area contributed by atoms with Gasteiger partial charge in [0.05, 0.1) is 6.61 Å². The van der Waals surface area contributed by atoms with Crippen LogP contribution in [0.3, 0.4) is 0 Å². The molecule has 5 heteroatoms. The Morgan fingerprint density at radius 2 is 2.09 bits per heavy atom. The molecule has 1 saturated heterocycles. The van der Waals surface area contributed by atoms with Gasteiger partial charge in [0.1, 0.15) is 5.41 Å². The average Bonchev–Trinajstić information content (AvgIpc) is 2.49. The maximum atomic E-state index is 14.9. The van der Waals surface area contributed by atoms with E-state index in [0.29, 0.717) is 25.9 Å². The molecule has 2 fully saturated rings. The third-order valence-corrected chi connectivity index (χ3v) is 5.19. The van der Waals surface area contributed by atoms with Crippen LogP contribution in [0.2, 0.25) is 0 Å². The van der Waals surface area contributed by atoms with Gasteiger partial charge >= 0.3 is 5.97 Å². The molecular weight excluding hydrogens is 300 g/mol. The van der Waals surface area contributed by atoms with Crippen LogP contribution in [0.5, 0.6) is 0 Å². The van der Waals surface area contributed by atoms with Gasteiger partial charge in [-0.2, -0.15) is 0 Å². The molecular formula is C18H23F2NO2. The zero-order valence-corrected chi connectivity index (χ0v) is 13.4. The lowest BCUT2D eigenvalue weighted by molar-refractivity contribution is -0.238. The van der Waals surface area contributed by atoms with Gasteiger partial charge in [-0.15, -0.1) is 0 Å². The van der Waals surface area contributed by atoms with Gasteiger partial charge in [0.15, 0.2) is 0 Å². The van der Waals surface area contributed by atoms with Gasteiger partial charge in [-0.1, -0.05) is 36.8 Å². The fraction of sp³-hybridized carbons (Fsp3) is 0.611. The number of ether oxygens (including phenoxy) is 1. The van der Waals surface area contributed by atoms with Crippen molar-refractivity contribution < 1.29 is 18.3 Å². The van der Waals surface area contributed by atoms with Crippen LogP contribution in [0, 0.1) is 11.3 Å². The molecule has 1 aliphatic heterocycles. The molecule has 0 spiro atoms. The lowest BCUT2D eigenvalue weighted by Gasteiger charge is -2.53. The van der Waals surface area contributed by atoms with Crippen molar-refractivity contribution in [3.05, 3.63) is 35.9 Å². The predicted octanol–water partition coefficient (Wildman–Crippen LogP) is 3.49. The SMILES string of the molecule is CCOC(=O)C12CCCC(CN(Cc3ccccc3)C1)C2(F)F. The van der Waals surface area contributed by atoms with Crippen LogP contribution >= 0.6 is 0 Å². The van der Waals surface area contributed by atoms with Gasteiger partial charge in [0, 0.05) is 25.6 Å². The summed E-state index contributed by atoms with van der Waals surface area (Å²) in [6.45, 7) is 2.80. The van der Waals surface area contributed by atoms with Gasteiger partial charge in [0.25, 0.3) is 5.92 Å². The average molecular weight is 323 g/mol. The number of likely N-dealkylation sites (tertiary alicyclic amines) is 1. The quantitative estimate of drug-likeness (QED) is 0.795. The number of fused-ring (bicyclic) bond motifs is 2. The second-order valence-electron chi connectivity index (χ2n) is 6.67. The van der Waals surface area contributed by atoms with Crippen molar-refractivity contribution in [2.75, 3.05) is 19.7 Å². The number of carbonyl (C=O) groups is 1. The zero-order valence-electron chi connectivity index (χ0n) is 13.4. The third kappa shape index (κ3) is 2.75. The van der Waals surface area contributed by atoms with Crippen LogP contribution in [0.25, 0.3) is 0 Å². The van der Waals surface area contributed by atoms with Crippen molar-refractivity contribution in [3.8, 4) is 0 Å². The van der Waals surface area contributed by atoms with Crippen LogP contribution < -0.4 is 0 Å². The van der Waals surface area contributed by atoms with E-state index in [2.05, 4.69) is 0 Å². The molecule has 23 heavy (non-hydrogen) atoms. The minimum Gasteiger partial charge on any atom is -0.465 e.